The number of ether oxygens (including phenoxy) is 2. The van der Waals surface area contributed by atoms with Crippen molar-refractivity contribution in [3.8, 4) is 0 Å². The highest BCUT2D eigenvalue weighted by molar-refractivity contribution is 6.44. The largest absolute Gasteiger partial charge is 0.450 e. The van der Waals surface area contributed by atoms with Gasteiger partial charge < -0.3 is 24.7 Å². The van der Waals surface area contributed by atoms with Gasteiger partial charge in [-0.3, -0.25) is 4.79 Å². The summed E-state index contributed by atoms with van der Waals surface area (Å²) in [7, 11) is 1.54. The van der Waals surface area contributed by atoms with E-state index in [0.717, 1.165) is 0 Å². The van der Waals surface area contributed by atoms with Crippen molar-refractivity contribution in [2.75, 3.05) is 26.8 Å². The topological polar surface area (TPSA) is 83.7 Å². The molecule has 0 bridgehead atoms. The fraction of sp³-hybridized carbons (Fsp3) is 0.600. The average molecular weight is 378 g/mol. The lowest BCUT2D eigenvalue weighted by molar-refractivity contribution is 0.00450. The van der Waals surface area contributed by atoms with Crippen LogP contribution in [0.25, 0.3) is 0 Å². The lowest BCUT2D eigenvalue weighted by Crippen LogP contribution is -2.56. The number of piperidine rings is 1. The average Bonchev–Trinajstić information content (AvgIpc) is 2.83. The van der Waals surface area contributed by atoms with Gasteiger partial charge in [-0.1, -0.05) is 23.2 Å². The Labute approximate surface area is 150 Å². The second-order valence-electron chi connectivity index (χ2n) is 5.54. The van der Waals surface area contributed by atoms with Crippen molar-refractivity contribution in [3.05, 3.63) is 21.4 Å². The van der Waals surface area contributed by atoms with Crippen LogP contribution in [-0.2, 0) is 9.47 Å². The van der Waals surface area contributed by atoms with E-state index in [1.807, 2.05) is 0 Å². The molecule has 9 heteroatoms. The molecule has 1 fully saturated rings. The Kier molecular flexibility index (Phi) is 6.37. The standard InChI is InChI=1S/C15H21Cl2N3O4/c1-4-24-15(22)20-6-5-9(10(7-20)23-3)19-14(21)13-12(17)11(16)8(2)18-13/h9-10,18H,4-7H2,1-3H3,(H,19,21). The first-order valence-electron chi connectivity index (χ1n) is 7.67. The molecule has 2 amide bonds. The Morgan fingerprint density at radius 2 is 2.08 bits per heavy atom. The summed E-state index contributed by atoms with van der Waals surface area (Å²) in [6.07, 6.45) is -0.162. The van der Waals surface area contributed by atoms with E-state index in [9.17, 15) is 9.59 Å². The van der Waals surface area contributed by atoms with Crippen LogP contribution in [0.1, 0.15) is 29.5 Å². The Morgan fingerprint density at radius 3 is 2.62 bits per heavy atom. The molecule has 2 atom stereocenters. The van der Waals surface area contributed by atoms with Gasteiger partial charge in [-0.15, -0.1) is 0 Å². The predicted molar refractivity (Wildman–Crippen MR) is 90.8 cm³/mol. The van der Waals surface area contributed by atoms with E-state index in [2.05, 4.69) is 10.3 Å². The number of nitrogens with zero attached hydrogens (tertiary/aromatic N) is 1. The van der Waals surface area contributed by atoms with Gasteiger partial charge in [0.2, 0.25) is 0 Å². The summed E-state index contributed by atoms with van der Waals surface area (Å²) in [5, 5.41) is 3.43. The molecule has 134 valence electrons. The third-order valence-electron chi connectivity index (χ3n) is 3.99. The maximum Gasteiger partial charge on any atom is 0.409 e. The number of H-pyrrole nitrogens is 1. The number of hydrogen-bond acceptors (Lipinski definition) is 4. The molecule has 2 rings (SSSR count). The number of aromatic nitrogens is 1. The predicted octanol–water partition coefficient (Wildman–Crippen LogP) is 2.61. The number of amides is 2. The lowest BCUT2D eigenvalue weighted by Gasteiger charge is -2.37. The Bertz CT molecular complexity index is 620. The number of nitrogens with one attached hydrogen (secondary N) is 2. The molecule has 0 saturated carbocycles. The van der Waals surface area contributed by atoms with Gasteiger partial charge in [-0.25, -0.2) is 4.79 Å². The second-order valence-corrected chi connectivity index (χ2v) is 6.30. The quantitative estimate of drug-likeness (QED) is 0.844. The van der Waals surface area contributed by atoms with Crippen LogP contribution in [0.15, 0.2) is 0 Å². The zero-order chi connectivity index (χ0) is 17.9. The zero-order valence-electron chi connectivity index (χ0n) is 13.8. The van der Waals surface area contributed by atoms with E-state index in [4.69, 9.17) is 32.7 Å². The van der Waals surface area contributed by atoms with E-state index in [1.54, 1.807) is 25.9 Å². The fourth-order valence-corrected chi connectivity index (χ4v) is 3.09. The number of halogens is 2. The number of likely N-dealkylation sites (tertiary alicyclic amines) is 1. The van der Waals surface area contributed by atoms with Crippen LogP contribution in [0, 0.1) is 6.92 Å². The van der Waals surface area contributed by atoms with Crippen molar-refractivity contribution < 1.29 is 19.1 Å². The van der Waals surface area contributed by atoms with E-state index >= 15 is 0 Å². The molecule has 2 N–H and O–H groups in total. The molecule has 1 aliphatic heterocycles. The monoisotopic (exact) mass is 377 g/mol. The van der Waals surface area contributed by atoms with Crippen LogP contribution in [-0.4, -0.2) is 60.8 Å². The lowest BCUT2D eigenvalue weighted by atomic mass is 10.0. The molecular weight excluding hydrogens is 357 g/mol. The van der Waals surface area contributed by atoms with Crippen LogP contribution < -0.4 is 5.32 Å². The number of rotatable bonds is 4. The smallest absolute Gasteiger partial charge is 0.409 e. The highest BCUT2D eigenvalue weighted by atomic mass is 35.5. The minimum Gasteiger partial charge on any atom is -0.450 e. The zero-order valence-corrected chi connectivity index (χ0v) is 15.3. The third-order valence-corrected chi connectivity index (χ3v) is 4.93. The van der Waals surface area contributed by atoms with Gasteiger partial charge in [0.05, 0.1) is 35.3 Å². The van der Waals surface area contributed by atoms with Gasteiger partial charge in [0.25, 0.3) is 5.91 Å². The summed E-state index contributed by atoms with van der Waals surface area (Å²) < 4.78 is 10.4. The highest BCUT2D eigenvalue weighted by Crippen LogP contribution is 2.29. The molecule has 7 nitrogen and oxygen atoms in total. The van der Waals surface area contributed by atoms with Gasteiger partial charge in [-0.2, -0.15) is 0 Å². The van der Waals surface area contributed by atoms with E-state index in [-0.39, 0.29) is 34.9 Å². The van der Waals surface area contributed by atoms with Crippen molar-refractivity contribution in [2.45, 2.75) is 32.4 Å². The molecule has 2 unspecified atom stereocenters. The first kappa shape index (κ1) is 18.9. The van der Waals surface area contributed by atoms with Gasteiger partial charge in [0.1, 0.15) is 5.69 Å². The Hall–Kier alpha value is -1.44. The highest BCUT2D eigenvalue weighted by Gasteiger charge is 2.34. The minimum atomic E-state index is -0.376. The molecule has 0 aliphatic carbocycles. The first-order valence-corrected chi connectivity index (χ1v) is 8.43. The van der Waals surface area contributed by atoms with Crippen molar-refractivity contribution >= 4 is 35.2 Å². The van der Waals surface area contributed by atoms with Gasteiger partial charge >= 0.3 is 6.09 Å². The summed E-state index contributed by atoms with van der Waals surface area (Å²) >= 11 is 12.1. The summed E-state index contributed by atoms with van der Waals surface area (Å²) in [4.78, 5) is 28.7. The van der Waals surface area contributed by atoms with Crippen molar-refractivity contribution in [2.24, 2.45) is 0 Å². The SMILES string of the molecule is CCOC(=O)N1CCC(NC(=O)c2[nH]c(C)c(Cl)c2Cl)C(OC)C1. The second kappa shape index (κ2) is 8.09. The molecule has 1 saturated heterocycles. The van der Waals surface area contributed by atoms with Crippen LogP contribution >= 0.6 is 23.2 Å². The van der Waals surface area contributed by atoms with Crippen molar-refractivity contribution in [1.82, 2.24) is 15.2 Å². The molecule has 24 heavy (non-hydrogen) atoms. The molecule has 2 heterocycles. The van der Waals surface area contributed by atoms with Gasteiger partial charge in [0.15, 0.2) is 0 Å². The fourth-order valence-electron chi connectivity index (χ4n) is 2.67. The van der Waals surface area contributed by atoms with E-state index in [1.165, 1.54) is 0 Å². The maximum atomic E-state index is 12.4. The number of methoxy groups -OCH3 is 1. The summed E-state index contributed by atoms with van der Waals surface area (Å²) in [6, 6.07) is -0.244. The van der Waals surface area contributed by atoms with Crippen LogP contribution in [0.5, 0.6) is 0 Å². The Morgan fingerprint density at radius 1 is 1.38 bits per heavy atom. The van der Waals surface area contributed by atoms with Crippen molar-refractivity contribution in [3.63, 3.8) is 0 Å². The molecule has 1 aromatic rings. The molecule has 0 radical (unpaired) electrons. The molecule has 0 aromatic carbocycles. The summed E-state index contributed by atoms with van der Waals surface area (Å²) in [6.45, 7) is 4.63. The van der Waals surface area contributed by atoms with E-state index in [0.29, 0.717) is 36.8 Å². The Balaban J connectivity index is 2.03. The van der Waals surface area contributed by atoms with Gasteiger partial charge in [0, 0.05) is 19.3 Å². The normalized spacial score (nSPS) is 20.8. The number of carbonyl (C=O) groups is 2. The number of aromatic amines is 1. The minimum absolute atomic E-state index is 0.199. The number of hydrogen-bond donors (Lipinski definition) is 2. The molecule has 1 aliphatic rings. The number of carbonyl (C=O) groups excluding carboxylic acids is 2. The van der Waals surface area contributed by atoms with Crippen LogP contribution in [0.2, 0.25) is 10.0 Å². The van der Waals surface area contributed by atoms with Crippen LogP contribution in [0.4, 0.5) is 4.79 Å². The van der Waals surface area contributed by atoms with Gasteiger partial charge in [-0.05, 0) is 20.3 Å². The molecule has 0 spiro atoms. The summed E-state index contributed by atoms with van der Waals surface area (Å²) in [5.74, 6) is -0.355. The first-order chi connectivity index (χ1) is 11.4. The molecular formula is C15H21Cl2N3O4. The number of aryl methyl sites for hydroxylation is 1. The molecule has 1 aromatic heterocycles. The summed E-state index contributed by atoms with van der Waals surface area (Å²) in [5.41, 5.74) is 0.856. The van der Waals surface area contributed by atoms with Crippen LogP contribution in [0.3, 0.4) is 0 Å². The third kappa shape index (κ3) is 3.96. The maximum absolute atomic E-state index is 12.4. The van der Waals surface area contributed by atoms with E-state index < -0.39 is 0 Å². The van der Waals surface area contributed by atoms with Crippen molar-refractivity contribution in [1.29, 1.82) is 0 Å².